The van der Waals surface area contributed by atoms with Crippen LogP contribution in [-0.2, 0) is 15.7 Å². The van der Waals surface area contributed by atoms with Gasteiger partial charge in [-0.15, -0.1) is 0 Å². The van der Waals surface area contributed by atoms with E-state index in [1.54, 1.807) is 6.92 Å². The average Bonchev–Trinajstić information content (AvgIpc) is 3.05. The summed E-state index contributed by atoms with van der Waals surface area (Å²) >= 11 is 0. The molecule has 0 aliphatic rings. The molecule has 0 saturated heterocycles. The second-order valence-corrected chi connectivity index (χ2v) is 19.0. The molecule has 344 valence electrons. The van der Waals surface area contributed by atoms with Crippen molar-refractivity contribution in [3.63, 3.8) is 0 Å². The van der Waals surface area contributed by atoms with Crippen LogP contribution in [0, 0.1) is 0 Å². The number of aliphatic carboxylic acids is 1. The second kappa shape index (κ2) is 25.0. The van der Waals surface area contributed by atoms with E-state index in [9.17, 15) is 9.90 Å². The fourth-order valence-corrected chi connectivity index (χ4v) is 8.30. The molecule has 12 heteroatoms. The van der Waals surface area contributed by atoms with E-state index in [0.29, 0.717) is 58.2 Å². The Bertz CT molecular complexity index is 1510. The van der Waals surface area contributed by atoms with Gasteiger partial charge < -0.3 is 52.5 Å². The molecule has 3 rings (SSSR count). The predicted octanol–water partition coefficient (Wildman–Crippen LogP) is 11.4. The van der Waals surface area contributed by atoms with Crippen molar-refractivity contribution in [1.82, 2.24) is 0 Å². The third-order valence-corrected chi connectivity index (χ3v) is 9.77. The van der Waals surface area contributed by atoms with Crippen LogP contribution in [0.2, 0.25) is 0 Å². The van der Waals surface area contributed by atoms with Crippen molar-refractivity contribution in [1.29, 1.82) is 0 Å². The predicted molar refractivity (Wildman–Crippen MR) is 243 cm³/mol. The molecule has 0 amide bonds. The zero-order chi connectivity index (χ0) is 46.3. The van der Waals surface area contributed by atoms with Crippen molar-refractivity contribution in [2.75, 3.05) is 0 Å². The molecule has 0 heterocycles. The molecule has 0 bridgehead atoms. The summed E-state index contributed by atoms with van der Waals surface area (Å²) in [6.07, 6.45) is -0.544. The number of carbonyl (C=O) groups is 1. The summed E-state index contributed by atoms with van der Waals surface area (Å²) in [7, 11) is -1.16. The van der Waals surface area contributed by atoms with Gasteiger partial charge in [-0.3, -0.25) is 0 Å². The van der Waals surface area contributed by atoms with Gasteiger partial charge in [0, 0.05) is 42.4 Å². The van der Waals surface area contributed by atoms with Crippen molar-refractivity contribution < 1.29 is 52.5 Å². The summed E-state index contributed by atoms with van der Waals surface area (Å²) in [4.78, 5) is 11.8. The van der Waals surface area contributed by atoms with E-state index in [2.05, 4.69) is 0 Å². The Balaban J connectivity index is 0.00000198. The zero-order valence-corrected chi connectivity index (χ0v) is 41.3. The van der Waals surface area contributed by atoms with Gasteiger partial charge in [-0.1, -0.05) is 13.3 Å². The first kappa shape index (κ1) is 52.8. The minimum absolute atomic E-state index is 0.0842. The number of carbonyl (C=O) groups excluding carboxylic acids is 1. The first-order valence-electron chi connectivity index (χ1n) is 21.9. The number of carboxylic acids is 1. The summed E-state index contributed by atoms with van der Waals surface area (Å²) in [5.41, 5.74) is 0. The van der Waals surface area contributed by atoms with Gasteiger partial charge in [-0.05, 0) is 131 Å². The van der Waals surface area contributed by atoms with E-state index in [1.165, 1.54) is 0 Å². The highest BCUT2D eigenvalue weighted by Crippen LogP contribution is 2.56. The van der Waals surface area contributed by atoms with Crippen LogP contribution in [-0.4, -0.2) is 60.9 Å². The van der Waals surface area contributed by atoms with E-state index in [0.717, 1.165) is 14.7 Å². The lowest BCUT2D eigenvalue weighted by Crippen LogP contribution is -2.21. The average molecular weight is 873 g/mol. The molecule has 0 unspecified atom stereocenters. The van der Waals surface area contributed by atoms with Crippen LogP contribution in [0.25, 0.3) is 0 Å². The van der Waals surface area contributed by atoms with Gasteiger partial charge in [0.05, 0.1) is 54.9 Å². The minimum Gasteiger partial charge on any atom is -0.550 e. The molecule has 0 saturated carbocycles. The molecule has 3 aromatic rings. The molecule has 0 spiro atoms. The minimum atomic E-state index is -1.16. The smallest absolute Gasteiger partial charge is 0.250 e. The lowest BCUT2D eigenvalue weighted by molar-refractivity contribution is -0.305. The largest absolute Gasteiger partial charge is 0.550 e. The number of ether oxygens (including phenoxy) is 9. The summed E-state index contributed by atoms with van der Waals surface area (Å²) in [6, 6.07) is 11.7. The maximum atomic E-state index is 9.49. The highest BCUT2D eigenvalue weighted by molar-refractivity contribution is 7.97. The molecule has 0 aliphatic heterocycles. The Labute approximate surface area is 370 Å². The van der Waals surface area contributed by atoms with Crippen LogP contribution in [0.3, 0.4) is 0 Å². The summed E-state index contributed by atoms with van der Waals surface area (Å²) in [5, 5.41) is 9.49. The lowest BCUT2D eigenvalue weighted by Gasteiger charge is -2.26. The molecule has 0 atom stereocenters. The Morgan fingerprint density at radius 1 is 0.393 bits per heavy atom. The summed E-state index contributed by atoms with van der Waals surface area (Å²) < 4.78 is 59.7. The van der Waals surface area contributed by atoms with Gasteiger partial charge in [-0.25, -0.2) is 0 Å². The van der Waals surface area contributed by atoms with E-state index in [4.69, 9.17) is 42.6 Å². The van der Waals surface area contributed by atoms with Crippen molar-refractivity contribution >= 4 is 16.9 Å². The molecule has 11 nitrogen and oxygen atoms in total. The van der Waals surface area contributed by atoms with Gasteiger partial charge >= 0.3 is 0 Å². The van der Waals surface area contributed by atoms with Gasteiger partial charge in [0.2, 0.25) is 0 Å². The Morgan fingerprint density at radius 2 is 0.574 bits per heavy atom. The van der Waals surface area contributed by atoms with E-state index in [1.807, 2.05) is 161 Å². The van der Waals surface area contributed by atoms with Crippen LogP contribution in [0.5, 0.6) is 51.7 Å². The molecule has 61 heavy (non-hydrogen) atoms. The van der Waals surface area contributed by atoms with Gasteiger partial charge in [0.1, 0.15) is 28.1 Å². The SMILES string of the molecule is CC(C)Oc1cc(OC(C)C)c([S+](c2c(OC(C)C)cc(OC(C)C)cc2OC(C)C)c2c(OC(C)C)cc(OC(C)C)cc2OC(C)C)c(OC(C)C)c1.CCCC(=O)[O-]. The molecule has 0 aromatic heterocycles. The van der Waals surface area contributed by atoms with Crippen LogP contribution >= 0.6 is 0 Å². The number of hydrogen-bond donors (Lipinski definition) is 0. The normalized spacial score (nSPS) is 11.6. The summed E-state index contributed by atoms with van der Waals surface area (Å²) in [6.45, 7) is 38.0. The Morgan fingerprint density at radius 3 is 0.689 bits per heavy atom. The van der Waals surface area contributed by atoms with Crippen LogP contribution < -0.4 is 47.7 Å². The molecule has 0 N–H and O–H groups in total. The first-order chi connectivity index (χ1) is 28.4. The Hall–Kier alpha value is -4.32. The molecule has 0 radical (unpaired) electrons. The maximum Gasteiger partial charge on any atom is 0.250 e. The topological polar surface area (TPSA) is 123 Å². The van der Waals surface area contributed by atoms with Crippen LogP contribution in [0.1, 0.15) is 144 Å². The highest BCUT2D eigenvalue weighted by atomic mass is 32.2. The zero-order valence-electron chi connectivity index (χ0n) is 40.5. The molecular formula is C49H76O11S. The molecular weight excluding hydrogens is 797 g/mol. The van der Waals surface area contributed by atoms with Crippen LogP contribution in [0.4, 0.5) is 0 Å². The van der Waals surface area contributed by atoms with Gasteiger partial charge in [-0.2, -0.15) is 0 Å². The fraction of sp³-hybridized carbons (Fsp3) is 0.612. The van der Waals surface area contributed by atoms with Crippen molar-refractivity contribution in [2.45, 2.75) is 214 Å². The van der Waals surface area contributed by atoms with Crippen molar-refractivity contribution in [3.05, 3.63) is 36.4 Å². The lowest BCUT2D eigenvalue weighted by atomic mass is 10.2. The van der Waals surface area contributed by atoms with Crippen molar-refractivity contribution in [2.24, 2.45) is 0 Å². The van der Waals surface area contributed by atoms with Gasteiger partial charge in [0.15, 0.2) is 34.5 Å². The van der Waals surface area contributed by atoms with E-state index < -0.39 is 16.9 Å². The highest BCUT2D eigenvalue weighted by Gasteiger charge is 2.48. The third kappa shape index (κ3) is 17.9. The molecule has 3 aromatic carbocycles. The molecule has 0 fully saturated rings. The monoisotopic (exact) mass is 873 g/mol. The van der Waals surface area contributed by atoms with Crippen molar-refractivity contribution in [3.8, 4) is 51.7 Å². The molecule has 0 aliphatic carbocycles. The fourth-order valence-electron chi connectivity index (χ4n) is 5.84. The Kier molecular flexibility index (Phi) is 21.6. The second-order valence-electron chi connectivity index (χ2n) is 17.2. The van der Waals surface area contributed by atoms with E-state index in [-0.39, 0.29) is 61.4 Å². The third-order valence-electron chi connectivity index (χ3n) is 7.34. The number of benzene rings is 3. The van der Waals surface area contributed by atoms with E-state index >= 15 is 0 Å². The number of rotatable bonds is 23. The van der Waals surface area contributed by atoms with Crippen LogP contribution in [0.15, 0.2) is 51.1 Å². The number of hydrogen-bond acceptors (Lipinski definition) is 11. The maximum absolute atomic E-state index is 9.49. The first-order valence-corrected chi connectivity index (χ1v) is 23.1. The number of carboxylic acid groups (broad SMARTS) is 1. The van der Waals surface area contributed by atoms with Gasteiger partial charge in [0.25, 0.3) is 14.7 Å². The quantitative estimate of drug-likeness (QED) is 0.0846. The standard InChI is InChI=1S/C45H69O9S.C4H8O2/c1-25(2)46-34-19-37(49-28(7)8)43(38(20-34)50-29(9)10)55(44-39(51-30(11)12)21-35(47-26(3)4)22-40(44)52-31(13)14)45-41(53-32(15)16)23-36(48-27(5)6)24-42(45)54-33(17)18;1-2-3-4(5)6/h19-33H,1-18H3;2-3H2,1H3,(H,5,6)/q+1;/p-1. The summed E-state index contributed by atoms with van der Waals surface area (Å²) in [5.74, 6) is 4.48.